The van der Waals surface area contributed by atoms with Gasteiger partial charge in [-0.2, -0.15) is 0 Å². The van der Waals surface area contributed by atoms with Gasteiger partial charge in [0.2, 0.25) is 11.8 Å². The van der Waals surface area contributed by atoms with Gasteiger partial charge >= 0.3 is 0 Å². The molecule has 8 nitrogen and oxygen atoms in total. The molecule has 0 radical (unpaired) electrons. The molecule has 9 heteroatoms. The Labute approximate surface area is 162 Å². The molecule has 3 aliphatic rings. The van der Waals surface area contributed by atoms with Crippen LogP contribution in [0.1, 0.15) is 40.5 Å². The van der Waals surface area contributed by atoms with Gasteiger partial charge in [-0.05, 0) is 25.5 Å². The number of hydrogen-bond acceptors (Lipinski definition) is 6. The number of nitrogens with one attached hydrogen (secondary N) is 2. The van der Waals surface area contributed by atoms with E-state index < -0.39 is 23.8 Å². The van der Waals surface area contributed by atoms with Crippen LogP contribution in [-0.4, -0.2) is 60.2 Å². The Morgan fingerprint density at radius 2 is 1.89 bits per heavy atom. The molecule has 1 aromatic rings. The van der Waals surface area contributed by atoms with Crippen LogP contribution in [0.3, 0.4) is 0 Å². The molecule has 2 N–H and O–H groups in total. The average molecular weight is 393 g/mol. The van der Waals surface area contributed by atoms with E-state index in [1.807, 2.05) is 6.07 Å². The zero-order valence-corrected chi connectivity index (χ0v) is 15.7. The Balaban J connectivity index is 0.00000210. The van der Waals surface area contributed by atoms with E-state index in [1.165, 1.54) is 0 Å². The van der Waals surface area contributed by atoms with Crippen LogP contribution in [-0.2, 0) is 9.59 Å². The standard InChI is InChI=1S/C18H20N4O4.ClH/c1-10-9-21(8-7-19-10)12-4-2-3-11-15(12)18(26)22(17(11)25)13-5-6-14(23)20-16(13)24;/h2-4,10,13,19H,5-9H2,1H3,(H,20,23,24);1H/t10-,13?;/m0./s1. The molecule has 1 unspecified atom stereocenters. The molecule has 0 bridgehead atoms. The topological polar surface area (TPSA) is 98.8 Å². The van der Waals surface area contributed by atoms with E-state index in [9.17, 15) is 19.2 Å². The molecule has 27 heavy (non-hydrogen) atoms. The van der Waals surface area contributed by atoms with Crippen LogP contribution in [0.2, 0.25) is 0 Å². The number of hydrogen-bond donors (Lipinski definition) is 2. The highest BCUT2D eigenvalue weighted by Crippen LogP contribution is 2.34. The van der Waals surface area contributed by atoms with Gasteiger partial charge in [-0.25, -0.2) is 0 Å². The van der Waals surface area contributed by atoms with Crippen LogP contribution in [0.4, 0.5) is 5.69 Å². The Morgan fingerprint density at radius 1 is 1.11 bits per heavy atom. The molecular weight excluding hydrogens is 372 g/mol. The van der Waals surface area contributed by atoms with Gasteiger partial charge in [0.25, 0.3) is 11.8 Å². The molecular formula is C18H21ClN4O4. The number of nitrogens with zero attached hydrogens (tertiary/aromatic N) is 2. The monoisotopic (exact) mass is 392 g/mol. The summed E-state index contributed by atoms with van der Waals surface area (Å²) in [6, 6.07) is 4.57. The minimum atomic E-state index is -0.935. The normalized spacial score (nSPS) is 25.2. The fourth-order valence-electron chi connectivity index (χ4n) is 3.91. The van der Waals surface area contributed by atoms with E-state index in [-0.39, 0.29) is 37.2 Å². The maximum Gasteiger partial charge on any atom is 0.264 e. The minimum Gasteiger partial charge on any atom is -0.368 e. The van der Waals surface area contributed by atoms with Crippen molar-refractivity contribution in [1.29, 1.82) is 0 Å². The molecule has 4 amide bonds. The second-order valence-corrected chi connectivity index (χ2v) is 6.95. The second kappa shape index (κ2) is 7.28. The van der Waals surface area contributed by atoms with E-state index in [0.717, 1.165) is 30.2 Å². The molecule has 0 aromatic heterocycles. The Kier molecular flexibility index (Phi) is 5.21. The highest BCUT2D eigenvalue weighted by Gasteiger charge is 2.46. The van der Waals surface area contributed by atoms with Crippen LogP contribution in [0.15, 0.2) is 18.2 Å². The van der Waals surface area contributed by atoms with Crippen LogP contribution in [0, 0.1) is 0 Å². The molecule has 0 spiro atoms. The Bertz CT molecular complexity index is 828. The van der Waals surface area contributed by atoms with Crippen LogP contribution < -0.4 is 15.5 Å². The fraction of sp³-hybridized carbons (Fsp3) is 0.444. The second-order valence-electron chi connectivity index (χ2n) is 6.95. The van der Waals surface area contributed by atoms with Gasteiger partial charge in [-0.1, -0.05) is 6.07 Å². The third kappa shape index (κ3) is 3.19. The van der Waals surface area contributed by atoms with Crippen molar-refractivity contribution in [3.63, 3.8) is 0 Å². The molecule has 2 saturated heterocycles. The van der Waals surface area contributed by atoms with Crippen molar-refractivity contribution in [3.8, 4) is 0 Å². The van der Waals surface area contributed by atoms with Crippen molar-refractivity contribution < 1.29 is 19.2 Å². The summed E-state index contributed by atoms with van der Waals surface area (Å²) < 4.78 is 0. The lowest BCUT2D eigenvalue weighted by Crippen LogP contribution is -2.54. The first-order valence-corrected chi connectivity index (χ1v) is 8.80. The number of benzene rings is 1. The lowest BCUT2D eigenvalue weighted by atomic mass is 10.0. The van der Waals surface area contributed by atoms with Crippen molar-refractivity contribution in [3.05, 3.63) is 29.3 Å². The number of carbonyl (C=O) groups is 4. The zero-order chi connectivity index (χ0) is 18.4. The lowest BCUT2D eigenvalue weighted by molar-refractivity contribution is -0.136. The summed E-state index contributed by atoms with van der Waals surface area (Å²) in [6.07, 6.45) is 0.280. The van der Waals surface area contributed by atoms with E-state index in [1.54, 1.807) is 12.1 Å². The molecule has 3 heterocycles. The largest absolute Gasteiger partial charge is 0.368 e. The SMILES string of the molecule is C[C@H]1CN(c2cccc3c2C(=O)N(C2CCC(=O)NC2=O)C3=O)CCN1.Cl. The lowest BCUT2D eigenvalue weighted by Gasteiger charge is -2.34. The first kappa shape index (κ1) is 19.3. The van der Waals surface area contributed by atoms with Crippen molar-refractivity contribution in [1.82, 2.24) is 15.5 Å². The third-order valence-electron chi connectivity index (χ3n) is 5.16. The Morgan fingerprint density at radius 3 is 2.59 bits per heavy atom. The van der Waals surface area contributed by atoms with E-state index in [0.29, 0.717) is 11.1 Å². The predicted octanol–water partition coefficient (Wildman–Crippen LogP) is 0.308. The molecule has 144 valence electrons. The van der Waals surface area contributed by atoms with E-state index >= 15 is 0 Å². The summed E-state index contributed by atoms with van der Waals surface area (Å²) in [7, 11) is 0. The number of rotatable bonds is 2. The zero-order valence-electron chi connectivity index (χ0n) is 14.9. The smallest absolute Gasteiger partial charge is 0.264 e. The van der Waals surface area contributed by atoms with Crippen LogP contribution >= 0.6 is 12.4 Å². The highest BCUT2D eigenvalue weighted by molar-refractivity contribution is 6.25. The summed E-state index contributed by atoms with van der Waals surface area (Å²) in [5.41, 5.74) is 1.41. The number of imide groups is 2. The number of anilines is 1. The quantitative estimate of drug-likeness (QED) is 0.703. The van der Waals surface area contributed by atoms with Crippen molar-refractivity contribution in [2.75, 3.05) is 24.5 Å². The number of piperazine rings is 1. The van der Waals surface area contributed by atoms with Crippen molar-refractivity contribution in [2.45, 2.75) is 31.8 Å². The number of halogens is 1. The third-order valence-corrected chi connectivity index (χ3v) is 5.16. The number of carbonyl (C=O) groups excluding carboxylic acids is 4. The summed E-state index contributed by atoms with van der Waals surface area (Å²) in [4.78, 5) is 52.6. The maximum absolute atomic E-state index is 13.1. The maximum atomic E-state index is 13.1. The van der Waals surface area contributed by atoms with Crippen molar-refractivity contribution in [2.24, 2.45) is 0 Å². The van der Waals surface area contributed by atoms with Gasteiger partial charge in [0.05, 0.1) is 16.8 Å². The highest BCUT2D eigenvalue weighted by atomic mass is 35.5. The number of fused-ring (bicyclic) bond motifs is 1. The van der Waals surface area contributed by atoms with E-state index in [4.69, 9.17) is 0 Å². The first-order chi connectivity index (χ1) is 12.5. The van der Waals surface area contributed by atoms with Gasteiger partial charge in [-0.15, -0.1) is 12.4 Å². The molecule has 0 aliphatic carbocycles. The van der Waals surface area contributed by atoms with Gasteiger partial charge in [-0.3, -0.25) is 29.4 Å². The van der Waals surface area contributed by atoms with Crippen LogP contribution in [0.25, 0.3) is 0 Å². The van der Waals surface area contributed by atoms with Crippen LogP contribution in [0.5, 0.6) is 0 Å². The summed E-state index contributed by atoms with van der Waals surface area (Å²) in [6.45, 7) is 4.33. The van der Waals surface area contributed by atoms with Gasteiger partial charge in [0, 0.05) is 32.1 Å². The first-order valence-electron chi connectivity index (χ1n) is 8.80. The molecule has 0 saturated carbocycles. The fourth-order valence-corrected chi connectivity index (χ4v) is 3.91. The predicted molar refractivity (Wildman–Crippen MR) is 100 cm³/mol. The van der Waals surface area contributed by atoms with E-state index in [2.05, 4.69) is 22.5 Å². The summed E-state index contributed by atoms with van der Waals surface area (Å²) in [5.74, 6) is -1.89. The molecule has 4 rings (SSSR count). The minimum absolute atomic E-state index is 0. The summed E-state index contributed by atoms with van der Waals surface area (Å²) in [5, 5.41) is 5.57. The molecule has 2 atom stereocenters. The molecule has 2 fully saturated rings. The summed E-state index contributed by atoms with van der Waals surface area (Å²) >= 11 is 0. The molecule has 3 aliphatic heterocycles. The number of amides is 4. The van der Waals surface area contributed by atoms with Gasteiger partial charge in [0.15, 0.2) is 0 Å². The average Bonchev–Trinajstić information content (AvgIpc) is 2.87. The number of piperidine rings is 1. The van der Waals surface area contributed by atoms with Gasteiger partial charge in [0.1, 0.15) is 6.04 Å². The van der Waals surface area contributed by atoms with Crippen molar-refractivity contribution >= 4 is 41.7 Å². The van der Waals surface area contributed by atoms with Gasteiger partial charge < -0.3 is 10.2 Å². The Hall–Kier alpha value is -2.45. The molecule has 1 aromatic carbocycles.